The molecule has 0 saturated carbocycles. The molecule has 9 heteroatoms. The van der Waals surface area contributed by atoms with Crippen molar-refractivity contribution in [1.82, 2.24) is 9.71 Å². The molecule has 0 saturated heterocycles. The molecular formula is C20H23N3O5S. The van der Waals surface area contributed by atoms with E-state index in [1.165, 1.54) is 25.5 Å². The summed E-state index contributed by atoms with van der Waals surface area (Å²) in [7, 11) is -2.14. The van der Waals surface area contributed by atoms with Crippen molar-refractivity contribution in [2.75, 3.05) is 13.9 Å². The maximum Gasteiger partial charge on any atom is 0.240 e. The number of rotatable bonds is 8. The predicted molar refractivity (Wildman–Crippen MR) is 112 cm³/mol. The Labute approximate surface area is 169 Å². The van der Waals surface area contributed by atoms with Crippen LogP contribution in [0.3, 0.4) is 0 Å². The SMILES string of the molecule is COCOc1ccccc1N=Cc1c(O)[nH]c2ccc(S(=O)(=O)NC(C)C)cc12. The molecule has 0 atom stereocenters. The first-order chi connectivity index (χ1) is 13.8. The second-order valence-electron chi connectivity index (χ2n) is 6.65. The summed E-state index contributed by atoms with van der Waals surface area (Å²) in [5, 5.41) is 10.8. The fourth-order valence-corrected chi connectivity index (χ4v) is 4.07. The first-order valence-corrected chi connectivity index (χ1v) is 10.4. The Morgan fingerprint density at radius 2 is 2.00 bits per heavy atom. The fraction of sp³-hybridized carbons (Fsp3) is 0.250. The van der Waals surface area contributed by atoms with E-state index in [1.54, 1.807) is 32.0 Å². The molecule has 0 bridgehead atoms. The minimum Gasteiger partial charge on any atom is -0.494 e. The van der Waals surface area contributed by atoms with Crippen LogP contribution in [-0.2, 0) is 14.8 Å². The van der Waals surface area contributed by atoms with Crippen molar-refractivity contribution in [3.63, 3.8) is 0 Å². The summed E-state index contributed by atoms with van der Waals surface area (Å²) >= 11 is 0. The number of ether oxygens (including phenoxy) is 2. The number of nitrogens with one attached hydrogen (secondary N) is 2. The lowest BCUT2D eigenvalue weighted by molar-refractivity contribution is 0.0515. The minimum absolute atomic E-state index is 0.0783. The zero-order valence-electron chi connectivity index (χ0n) is 16.3. The maximum atomic E-state index is 12.5. The van der Waals surface area contributed by atoms with E-state index in [0.29, 0.717) is 27.9 Å². The Bertz CT molecular complexity index is 1140. The molecule has 29 heavy (non-hydrogen) atoms. The average Bonchev–Trinajstić information content (AvgIpc) is 2.98. The zero-order valence-corrected chi connectivity index (χ0v) is 17.2. The highest BCUT2D eigenvalue weighted by atomic mass is 32.2. The summed E-state index contributed by atoms with van der Waals surface area (Å²) in [4.78, 5) is 7.34. The van der Waals surface area contributed by atoms with Gasteiger partial charge in [-0.2, -0.15) is 0 Å². The number of aromatic nitrogens is 1. The van der Waals surface area contributed by atoms with Gasteiger partial charge in [-0.05, 0) is 44.2 Å². The third-order valence-electron chi connectivity index (χ3n) is 4.02. The molecule has 0 fully saturated rings. The van der Waals surface area contributed by atoms with Gasteiger partial charge in [0.05, 0.1) is 10.5 Å². The molecule has 2 aromatic carbocycles. The maximum absolute atomic E-state index is 12.5. The van der Waals surface area contributed by atoms with Gasteiger partial charge >= 0.3 is 0 Å². The zero-order chi connectivity index (χ0) is 21.0. The Morgan fingerprint density at radius 3 is 2.72 bits per heavy atom. The number of H-pyrrole nitrogens is 1. The van der Waals surface area contributed by atoms with Crippen LogP contribution in [0.1, 0.15) is 19.4 Å². The topological polar surface area (TPSA) is 113 Å². The largest absolute Gasteiger partial charge is 0.494 e. The smallest absolute Gasteiger partial charge is 0.240 e. The van der Waals surface area contributed by atoms with Crippen molar-refractivity contribution in [1.29, 1.82) is 0 Å². The first-order valence-electron chi connectivity index (χ1n) is 8.93. The number of aromatic amines is 1. The molecule has 0 radical (unpaired) electrons. The van der Waals surface area contributed by atoms with Crippen LogP contribution in [0.5, 0.6) is 11.6 Å². The average molecular weight is 417 g/mol. The summed E-state index contributed by atoms with van der Waals surface area (Å²) < 4.78 is 37.9. The number of aromatic hydroxyl groups is 1. The molecule has 3 aromatic rings. The van der Waals surface area contributed by atoms with Gasteiger partial charge in [-0.25, -0.2) is 13.1 Å². The number of methoxy groups -OCH3 is 1. The lowest BCUT2D eigenvalue weighted by Crippen LogP contribution is -2.30. The standard InChI is InChI=1S/C20H23N3O5S/c1-13(2)23-29(25,26)14-8-9-17-15(10-14)16(20(24)22-17)11-21-18-6-4-5-7-19(18)28-12-27-3/h4-11,13,22-24H,12H2,1-3H3. The number of sulfonamides is 1. The van der Waals surface area contributed by atoms with Gasteiger partial charge in [0.1, 0.15) is 11.4 Å². The van der Waals surface area contributed by atoms with E-state index in [-0.39, 0.29) is 23.6 Å². The lowest BCUT2D eigenvalue weighted by atomic mass is 10.2. The molecule has 0 aliphatic rings. The number of benzene rings is 2. The molecule has 0 amide bonds. The molecule has 8 nitrogen and oxygen atoms in total. The molecule has 3 rings (SSSR count). The second-order valence-corrected chi connectivity index (χ2v) is 8.36. The number of para-hydroxylation sites is 2. The van der Waals surface area contributed by atoms with Gasteiger partial charge in [0.25, 0.3) is 0 Å². The highest BCUT2D eigenvalue weighted by molar-refractivity contribution is 7.89. The van der Waals surface area contributed by atoms with Gasteiger partial charge < -0.3 is 19.6 Å². The van der Waals surface area contributed by atoms with Crippen LogP contribution < -0.4 is 9.46 Å². The quantitative estimate of drug-likeness (QED) is 0.384. The molecule has 1 heterocycles. The number of aliphatic imine (C=N–C) groups is 1. The van der Waals surface area contributed by atoms with Crippen LogP contribution in [0.15, 0.2) is 52.4 Å². The van der Waals surface area contributed by atoms with Crippen LogP contribution >= 0.6 is 0 Å². The summed E-state index contributed by atoms with van der Waals surface area (Å²) in [6.45, 7) is 3.58. The number of hydrogen-bond donors (Lipinski definition) is 3. The molecule has 0 spiro atoms. The molecule has 0 aliphatic heterocycles. The monoisotopic (exact) mass is 417 g/mol. The van der Waals surface area contributed by atoms with E-state index in [1.807, 2.05) is 12.1 Å². The molecule has 154 valence electrons. The van der Waals surface area contributed by atoms with Gasteiger partial charge in [-0.3, -0.25) is 4.99 Å². The first kappa shape index (κ1) is 20.8. The third-order valence-corrected chi connectivity index (χ3v) is 5.68. The van der Waals surface area contributed by atoms with E-state index in [0.717, 1.165) is 0 Å². The van der Waals surface area contributed by atoms with Crippen LogP contribution in [0.4, 0.5) is 5.69 Å². The van der Waals surface area contributed by atoms with E-state index >= 15 is 0 Å². The van der Waals surface area contributed by atoms with Crippen LogP contribution in [-0.4, -0.2) is 44.7 Å². The van der Waals surface area contributed by atoms with Crippen molar-refractivity contribution in [2.24, 2.45) is 4.99 Å². The Hall–Kier alpha value is -2.88. The van der Waals surface area contributed by atoms with Crippen molar-refractivity contribution in [3.05, 3.63) is 48.0 Å². The summed E-state index contributed by atoms with van der Waals surface area (Å²) in [6.07, 6.45) is 1.47. The molecular weight excluding hydrogens is 394 g/mol. The lowest BCUT2D eigenvalue weighted by Gasteiger charge is -2.09. The fourth-order valence-electron chi connectivity index (χ4n) is 2.80. The predicted octanol–water partition coefficient (Wildman–Crippen LogP) is 3.29. The second kappa shape index (κ2) is 8.64. The van der Waals surface area contributed by atoms with Crippen molar-refractivity contribution in [3.8, 4) is 11.6 Å². The summed E-state index contributed by atoms with van der Waals surface area (Å²) in [6, 6.07) is 11.5. The van der Waals surface area contributed by atoms with Gasteiger partial charge in [-0.15, -0.1) is 0 Å². The molecule has 3 N–H and O–H groups in total. The highest BCUT2D eigenvalue weighted by Crippen LogP contribution is 2.31. The van der Waals surface area contributed by atoms with Crippen molar-refractivity contribution < 1.29 is 23.0 Å². The van der Waals surface area contributed by atoms with Gasteiger partial charge in [0.2, 0.25) is 10.0 Å². The van der Waals surface area contributed by atoms with Crippen LogP contribution in [0.2, 0.25) is 0 Å². The Kier molecular flexibility index (Phi) is 6.21. The molecule has 0 unspecified atom stereocenters. The Morgan fingerprint density at radius 1 is 1.24 bits per heavy atom. The highest BCUT2D eigenvalue weighted by Gasteiger charge is 2.18. The normalized spacial score (nSPS) is 12.3. The number of nitrogens with zero attached hydrogens (tertiary/aromatic N) is 1. The molecule has 0 aliphatic carbocycles. The van der Waals surface area contributed by atoms with E-state index < -0.39 is 10.0 Å². The summed E-state index contributed by atoms with van der Waals surface area (Å²) in [5.74, 6) is 0.416. The summed E-state index contributed by atoms with van der Waals surface area (Å²) in [5.41, 5.74) is 1.52. The van der Waals surface area contributed by atoms with Crippen LogP contribution in [0.25, 0.3) is 10.9 Å². The van der Waals surface area contributed by atoms with E-state index in [4.69, 9.17) is 9.47 Å². The number of fused-ring (bicyclic) bond motifs is 1. The Balaban J connectivity index is 2.01. The third kappa shape index (κ3) is 4.76. The van der Waals surface area contributed by atoms with E-state index in [9.17, 15) is 13.5 Å². The minimum atomic E-state index is -3.67. The van der Waals surface area contributed by atoms with Crippen molar-refractivity contribution >= 4 is 32.8 Å². The van der Waals surface area contributed by atoms with Gasteiger partial charge in [0.15, 0.2) is 12.7 Å². The van der Waals surface area contributed by atoms with Gasteiger partial charge in [-0.1, -0.05) is 12.1 Å². The molecule has 1 aromatic heterocycles. The van der Waals surface area contributed by atoms with E-state index in [2.05, 4.69) is 14.7 Å². The number of hydrogen-bond acceptors (Lipinski definition) is 6. The van der Waals surface area contributed by atoms with Gasteiger partial charge in [0, 0.05) is 30.3 Å². The van der Waals surface area contributed by atoms with Crippen molar-refractivity contribution in [2.45, 2.75) is 24.8 Å². The van der Waals surface area contributed by atoms with Crippen LogP contribution in [0, 0.1) is 0 Å².